The van der Waals surface area contributed by atoms with Crippen molar-refractivity contribution < 1.29 is 4.79 Å². The fraction of sp³-hybridized carbons (Fsp3) is 0.500. The van der Waals surface area contributed by atoms with Gasteiger partial charge in [-0.1, -0.05) is 6.07 Å². The molecule has 0 saturated carbocycles. The Hall–Kier alpha value is -2.28. The van der Waals surface area contributed by atoms with E-state index >= 15 is 0 Å². The third kappa shape index (κ3) is 4.13. The van der Waals surface area contributed by atoms with Gasteiger partial charge in [-0.05, 0) is 50.9 Å². The van der Waals surface area contributed by atoms with E-state index in [9.17, 15) is 4.79 Å². The minimum atomic E-state index is -0.135. The van der Waals surface area contributed by atoms with Crippen LogP contribution in [0.1, 0.15) is 29.8 Å². The van der Waals surface area contributed by atoms with E-state index in [0.717, 1.165) is 13.0 Å². The first-order valence-electron chi connectivity index (χ1n) is 8.01. The zero-order chi connectivity index (χ0) is 16.1. The summed E-state index contributed by atoms with van der Waals surface area (Å²) in [6.07, 6.45) is 6.63. The van der Waals surface area contributed by atoms with Crippen molar-refractivity contribution in [2.45, 2.75) is 19.3 Å². The van der Waals surface area contributed by atoms with Gasteiger partial charge >= 0.3 is 0 Å². The molecule has 3 rings (SSSR count). The molecule has 3 heterocycles. The predicted molar refractivity (Wildman–Crippen MR) is 86.3 cm³/mol. The zero-order valence-electron chi connectivity index (χ0n) is 13.4. The summed E-state index contributed by atoms with van der Waals surface area (Å²) < 4.78 is 1.68. The fourth-order valence-electron chi connectivity index (χ4n) is 3.00. The first-order valence-corrected chi connectivity index (χ1v) is 8.01. The van der Waals surface area contributed by atoms with Gasteiger partial charge < -0.3 is 10.2 Å². The normalized spacial score (nSPS) is 18.7. The van der Waals surface area contributed by atoms with Crippen LogP contribution >= 0.6 is 0 Å². The Bertz CT molecular complexity index is 642. The van der Waals surface area contributed by atoms with Crippen LogP contribution in [0.5, 0.6) is 0 Å². The van der Waals surface area contributed by atoms with Crippen molar-refractivity contribution in [3.05, 3.63) is 36.5 Å². The van der Waals surface area contributed by atoms with E-state index in [1.807, 2.05) is 12.1 Å². The Morgan fingerprint density at radius 3 is 2.96 bits per heavy atom. The summed E-state index contributed by atoms with van der Waals surface area (Å²) in [6.45, 7) is 3.00. The molecule has 122 valence electrons. The maximum atomic E-state index is 12.2. The molecule has 7 heteroatoms. The first-order chi connectivity index (χ1) is 11.2. The average Bonchev–Trinajstić information content (AvgIpc) is 3.09. The lowest BCUT2D eigenvalue weighted by Crippen LogP contribution is -2.34. The summed E-state index contributed by atoms with van der Waals surface area (Å²) in [5.74, 6) is 1.17. The second-order valence-electron chi connectivity index (χ2n) is 6.07. The second-order valence-corrected chi connectivity index (χ2v) is 6.07. The number of nitrogens with zero attached hydrogens (tertiary/aromatic N) is 5. The van der Waals surface area contributed by atoms with Crippen LogP contribution in [0.3, 0.4) is 0 Å². The van der Waals surface area contributed by atoms with Gasteiger partial charge in [-0.25, -0.2) is 4.98 Å². The number of hydrogen-bond donors (Lipinski definition) is 1. The highest BCUT2D eigenvalue weighted by Crippen LogP contribution is 2.17. The zero-order valence-corrected chi connectivity index (χ0v) is 13.4. The summed E-state index contributed by atoms with van der Waals surface area (Å²) in [4.78, 5) is 19.0. The van der Waals surface area contributed by atoms with Crippen molar-refractivity contribution >= 4 is 5.91 Å². The fourth-order valence-corrected chi connectivity index (χ4v) is 3.00. The lowest BCUT2D eigenvalue weighted by atomic mass is 9.95. The lowest BCUT2D eigenvalue weighted by molar-refractivity contribution is 0.0943. The van der Waals surface area contributed by atoms with Crippen LogP contribution in [0, 0.1) is 5.92 Å². The molecule has 2 aromatic heterocycles. The van der Waals surface area contributed by atoms with Crippen molar-refractivity contribution in [3.63, 3.8) is 0 Å². The van der Waals surface area contributed by atoms with Crippen LogP contribution in [-0.4, -0.2) is 57.2 Å². The quantitative estimate of drug-likeness (QED) is 0.895. The Kier molecular flexibility index (Phi) is 4.97. The number of aromatic nitrogens is 4. The van der Waals surface area contributed by atoms with E-state index in [1.165, 1.54) is 19.4 Å². The first kappa shape index (κ1) is 15.6. The van der Waals surface area contributed by atoms with E-state index in [0.29, 0.717) is 24.0 Å². The molecular formula is C16H22N6O. The number of hydrogen-bond acceptors (Lipinski definition) is 5. The monoisotopic (exact) mass is 314 g/mol. The predicted octanol–water partition coefficient (Wildman–Crippen LogP) is 1.12. The topological polar surface area (TPSA) is 75.9 Å². The third-order valence-electron chi connectivity index (χ3n) is 4.21. The van der Waals surface area contributed by atoms with Gasteiger partial charge in [0.05, 0.1) is 0 Å². The van der Waals surface area contributed by atoms with Crippen LogP contribution < -0.4 is 5.32 Å². The molecule has 0 unspecified atom stereocenters. The van der Waals surface area contributed by atoms with Gasteiger partial charge in [0.1, 0.15) is 24.2 Å². The molecule has 1 amide bonds. The van der Waals surface area contributed by atoms with Crippen LogP contribution in [-0.2, 0) is 0 Å². The molecule has 0 aliphatic carbocycles. The van der Waals surface area contributed by atoms with Gasteiger partial charge in [0.15, 0.2) is 0 Å². The molecule has 0 bridgehead atoms. The van der Waals surface area contributed by atoms with Gasteiger partial charge in [0, 0.05) is 13.1 Å². The molecule has 23 heavy (non-hydrogen) atoms. The maximum Gasteiger partial charge on any atom is 0.269 e. The summed E-state index contributed by atoms with van der Waals surface area (Å²) >= 11 is 0. The largest absolute Gasteiger partial charge is 0.351 e. The van der Waals surface area contributed by atoms with Crippen LogP contribution in [0.25, 0.3) is 5.82 Å². The van der Waals surface area contributed by atoms with Crippen LogP contribution in [0.4, 0.5) is 0 Å². The summed E-state index contributed by atoms with van der Waals surface area (Å²) in [6, 6.07) is 5.35. The van der Waals surface area contributed by atoms with Crippen molar-refractivity contribution in [1.82, 2.24) is 30.0 Å². The molecule has 0 spiro atoms. The molecular weight excluding hydrogens is 292 g/mol. The number of carbonyl (C=O) groups excluding carboxylic acids is 1. The maximum absolute atomic E-state index is 12.2. The number of pyridine rings is 1. The van der Waals surface area contributed by atoms with Crippen molar-refractivity contribution in [1.29, 1.82) is 0 Å². The second kappa shape index (κ2) is 7.32. The number of carbonyl (C=O) groups is 1. The highest BCUT2D eigenvalue weighted by atomic mass is 16.1. The third-order valence-corrected chi connectivity index (χ3v) is 4.21. The van der Waals surface area contributed by atoms with Gasteiger partial charge in [-0.2, -0.15) is 0 Å². The molecule has 2 aromatic rings. The Morgan fingerprint density at radius 1 is 1.35 bits per heavy atom. The van der Waals surface area contributed by atoms with Crippen molar-refractivity contribution in [2.75, 3.05) is 26.7 Å². The van der Waals surface area contributed by atoms with Gasteiger partial charge in [0.25, 0.3) is 5.91 Å². The Balaban J connectivity index is 1.53. The van der Waals surface area contributed by atoms with Crippen molar-refractivity contribution in [2.24, 2.45) is 5.92 Å². The molecule has 1 fully saturated rings. The van der Waals surface area contributed by atoms with Gasteiger partial charge in [-0.15, -0.1) is 10.2 Å². The van der Waals surface area contributed by atoms with Crippen LogP contribution in [0.2, 0.25) is 0 Å². The number of piperidine rings is 1. The lowest BCUT2D eigenvalue weighted by Gasteiger charge is -2.29. The minimum Gasteiger partial charge on any atom is -0.351 e. The summed E-state index contributed by atoms with van der Waals surface area (Å²) in [7, 11) is 2.16. The van der Waals surface area contributed by atoms with Crippen molar-refractivity contribution in [3.8, 4) is 5.82 Å². The van der Waals surface area contributed by atoms with Crippen LogP contribution in [0.15, 0.2) is 30.9 Å². The Labute approximate surface area is 135 Å². The van der Waals surface area contributed by atoms with E-state index in [4.69, 9.17) is 0 Å². The standard InChI is InChI=1S/C16H22N6O/c1-21-9-3-4-13(10-21)7-8-17-16(23)14-5-2-6-15(20-14)22-11-18-19-12-22/h2,5-6,11-13H,3-4,7-10H2,1H3,(H,17,23)/t13-/m1/s1. The van der Waals surface area contributed by atoms with E-state index in [2.05, 4.69) is 32.4 Å². The number of rotatable bonds is 5. The molecule has 1 N–H and O–H groups in total. The highest BCUT2D eigenvalue weighted by Gasteiger charge is 2.17. The molecule has 1 atom stereocenters. The van der Waals surface area contributed by atoms with Gasteiger partial charge in [0.2, 0.25) is 0 Å². The van der Waals surface area contributed by atoms with Gasteiger partial charge in [-0.3, -0.25) is 9.36 Å². The Morgan fingerprint density at radius 2 is 2.17 bits per heavy atom. The number of amides is 1. The highest BCUT2D eigenvalue weighted by molar-refractivity contribution is 5.92. The molecule has 0 aromatic carbocycles. The van der Waals surface area contributed by atoms with E-state index < -0.39 is 0 Å². The SMILES string of the molecule is CN1CCC[C@H](CCNC(=O)c2cccc(-n3cnnc3)n2)C1. The number of nitrogens with one attached hydrogen (secondary N) is 1. The smallest absolute Gasteiger partial charge is 0.269 e. The number of likely N-dealkylation sites (tertiary alicyclic amines) is 1. The van der Waals surface area contributed by atoms with E-state index in [-0.39, 0.29) is 5.91 Å². The molecule has 1 saturated heterocycles. The molecule has 7 nitrogen and oxygen atoms in total. The molecule has 1 aliphatic heterocycles. The molecule has 0 radical (unpaired) electrons. The summed E-state index contributed by atoms with van der Waals surface area (Å²) in [5.41, 5.74) is 0.414. The van der Waals surface area contributed by atoms with E-state index in [1.54, 1.807) is 23.3 Å². The molecule has 1 aliphatic rings. The average molecular weight is 314 g/mol. The minimum absolute atomic E-state index is 0.135. The summed E-state index contributed by atoms with van der Waals surface area (Å²) in [5, 5.41) is 10.5.